The minimum atomic E-state index is -2.08. The molecule has 0 spiro atoms. The first-order valence-corrected chi connectivity index (χ1v) is 9.68. The van der Waals surface area contributed by atoms with E-state index in [9.17, 15) is 24.6 Å². The normalized spacial score (nSPS) is 23.3. The summed E-state index contributed by atoms with van der Waals surface area (Å²) in [4.78, 5) is 37.2. The summed E-state index contributed by atoms with van der Waals surface area (Å²) in [6.45, 7) is 9.13. The van der Waals surface area contributed by atoms with Crippen LogP contribution in [0.2, 0.25) is 0 Å². The fourth-order valence-electron chi connectivity index (χ4n) is 2.85. The summed E-state index contributed by atoms with van der Waals surface area (Å²) in [5.74, 6) is 1.98. The molecule has 0 aromatic carbocycles. The number of methoxy groups -OCH3 is 1. The van der Waals surface area contributed by atoms with Gasteiger partial charge in [-0.05, 0) is 20.8 Å². The number of rotatable bonds is 4. The highest BCUT2D eigenvalue weighted by Crippen LogP contribution is 2.26. The Hall–Kier alpha value is -2.75. The zero-order chi connectivity index (χ0) is 24.8. The molecule has 0 saturated carbocycles. The van der Waals surface area contributed by atoms with Crippen LogP contribution in [-0.2, 0) is 19.1 Å². The molecule has 0 bridgehead atoms. The second-order valence-electron chi connectivity index (χ2n) is 8.66. The third-order valence-electron chi connectivity index (χ3n) is 4.84. The molecule has 0 aromatic heterocycles. The minimum Gasteiger partial charge on any atom is -0.466 e. The van der Waals surface area contributed by atoms with Crippen LogP contribution in [0.1, 0.15) is 34.6 Å². The van der Waals surface area contributed by atoms with Crippen molar-refractivity contribution in [1.82, 2.24) is 9.80 Å². The molecule has 2 amide bonds. The van der Waals surface area contributed by atoms with Crippen LogP contribution in [-0.4, -0.2) is 89.1 Å². The Balaban J connectivity index is 0.000000683. The fourth-order valence-corrected chi connectivity index (χ4v) is 2.85. The van der Waals surface area contributed by atoms with Crippen molar-refractivity contribution in [3.05, 3.63) is 0 Å². The van der Waals surface area contributed by atoms with E-state index in [0.29, 0.717) is 6.54 Å². The number of likely N-dealkylation sites (tertiary alicyclic amines) is 1. The van der Waals surface area contributed by atoms with Gasteiger partial charge in [0.15, 0.2) is 0 Å². The molecule has 9 heteroatoms. The zero-order valence-electron chi connectivity index (χ0n) is 19.6. The molecule has 1 aliphatic heterocycles. The number of likely N-dealkylation sites (N-methyl/N-ethyl adjacent to an activating group) is 1. The number of ether oxygens (including phenoxy) is 2. The van der Waals surface area contributed by atoms with Gasteiger partial charge in [-0.15, -0.1) is 12.8 Å². The van der Waals surface area contributed by atoms with E-state index in [1.807, 2.05) is 5.92 Å². The van der Waals surface area contributed by atoms with Crippen molar-refractivity contribution < 1.29 is 34.1 Å². The maximum Gasteiger partial charge on any atom is 0.410 e. The fraction of sp³-hybridized carbons (Fsp3) is 0.682. The van der Waals surface area contributed by atoms with Gasteiger partial charge in [0, 0.05) is 39.0 Å². The number of nitrogens with zero attached hydrogens (tertiary/aromatic N) is 2. The lowest BCUT2D eigenvalue weighted by Gasteiger charge is -2.31. The highest BCUT2D eigenvalue weighted by atomic mass is 16.6. The Morgan fingerprint density at radius 3 is 2.19 bits per heavy atom. The van der Waals surface area contributed by atoms with Gasteiger partial charge in [0.05, 0.1) is 7.11 Å². The van der Waals surface area contributed by atoms with Gasteiger partial charge < -0.3 is 29.5 Å². The smallest absolute Gasteiger partial charge is 0.410 e. The number of carbonyl (C=O) groups excluding carboxylic acids is 3. The van der Waals surface area contributed by atoms with Crippen LogP contribution in [0.25, 0.3) is 0 Å². The molecule has 4 unspecified atom stereocenters. The first-order valence-electron chi connectivity index (χ1n) is 9.68. The standard InChI is InChI=1S/C14H23NO5.C8H11NO2/c1-8-14(18,11(16)19-7)10(2)9-15(6)12(17)20-13(3,4)5;1-4-8(11)6(2)5-9(3)7(8)10/h1,10,18H,9H2,2-7H3;1,6,11H,5H2,2-3H3. The Morgan fingerprint density at radius 1 is 1.39 bits per heavy atom. The van der Waals surface area contributed by atoms with Crippen LogP contribution >= 0.6 is 0 Å². The van der Waals surface area contributed by atoms with E-state index in [-0.39, 0.29) is 18.4 Å². The number of aliphatic hydroxyl groups is 2. The summed E-state index contributed by atoms with van der Waals surface area (Å²) in [5.41, 5.74) is -4.26. The lowest BCUT2D eigenvalue weighted by atomic mass is 9.89. The van der Waals surface area contributed by atoms with E-state index in [1.165, 1.54) is 16.8 Å². The predicted octanol–water partition coefficient (Wildman–Crippen LogP) is 0.486. The van der Waals surface area contributed by atoms with E-state index < -0.39 is 34.8 Å². The molecule has 1 heterocycles. The lowest BCUT2D eigenvalue weighted by Crippen LogP contribution is -2.49. The van der Waals surface area contributed by atoms with E-state index in [1.54, 1.807) is 41.7 Å². The van der Waals surface area contributed by atoms with Gasteiger partial charge in [0.25, 0.3) is 5.91 Å². The summed E-state index contributed by atoms with van der Waals surface area (Å²) in [6, 6.07) is 0. The Labute approximate surface area is 184 Å². The third kappa shape index (κ3) is 6.88. The molecule has 2 N–H and O–H groups in total. The van der Waals surface area contributed by atoms with Crippen molar-refractivity contribution in [2.24, 2.45) is 11.8 Å². The van der Waals surface area contributed by atoms with Gasteiger partial charge in [0.1, 0.15) is 5.60 Å². The molecule has 0 aliphatic carbocycles. The molecule has 0 aromatic rings. The van der Waals surface area contributed by atoms with E-state index in [0.717, 1.165) is 7.11 Å². The molecule has 1 saturated heterocycles. The van der Waals surface area contributed by atoms with Crippen LogP contribution in [0.15, 0.2) is 0 Å². The second-order valence-corrected chi connectivity index (χ2v) is 8.66. The SMILES string of the molecule is C#CC(O)(C(=O)OC)C(C)CN(C)C(=O)OC(C)(C)C.C#CC1(O)C(=O)N(C)CC1C. The Kier molecular flexibility index (Phi) is 9.59. The van der Waals surface area contributed by atoms with Gasteiger partial charge in [-0.3, -0.25) is 4.79 Å². The van der Waals surface area contributed by atoms with Gasteiger partial charge in [-0.2, -0.15) is 0 Å². The average Bonchev–Trinajstić information content (AvgIpc) is 2.88. The minimum absolute atomic E-state index is 0.0463. The molecule has 4 atom stereocenters. The first kappa shape index (κ1) is 28.2. The van der Waals surface area contributed by atoms with Crippen LogP contribution in [0.3, 0.4) is 0 Å². The van der Waals surface area contributed by atoms with Crippen molar-refractivity contribution in [2.45, 2.75) is 51.4 Å². The largest absolute Gasteiger partial charge is 0.466 e. The number of amides is 2. The summed E-state index contributed by atoms with van der Waals surface area (Å²) >= 11 is 0. The monoisotopic (exact) mass is 438 g/mol. The second kappa shape index (κ2) is 10.5. The van der Waals surface area contributed by atoms with Crippen LogP contribution in [0.4, 0.5) is 4.79 Å². The van der Waals surface area contributed by atoms with Crippen LogP contribution < -0.4 is 0 Å². The molecule has 174 valence electrons. The van der Waals surface area contributed by atoms with Crippen molar-refractivity contribution in [3.8, 4) is 24.7 Å². The molecule has 1 fully saturated rings. The highest BCUT2D eigenvalue weighted by Gasteiger charge is 2.48. The van der Waals surface area contributed by atoms with Crippen molar-refractivity contribution in [3.63, 3.8) is 0 Å². The number of hydrogen-bond acceptors (Lipinski definition) is 7. The molecule has 1 aliphatic rings. The number of hydrogen-bond donors (Lipinski definition) is 2. The van der Waals surface area contributed by atoms with Crippen molar-refractivity contribution in [1.29, 1.82) is 0 Å². The molecule has 9 nitrogen and oxygen atoms in total. The van der Waals surface area contributed by atoms with Gasteiger partial charge in [-0.1, -0.05) is 25.7 Å². The van der Waals surface area contributed by atoms with Gasteiger partial charge in [-0.25, -0.2) is 9.59 Å². The summed E-state index contributed by atoms with van der Waals surface area (Å²) in [5, 5.41) is 19.7. The third-order valence-corrected chi connectivity index (χ3v) is 4.84. The maximum absolute atomic E-state index is 11.8. The first-order chi connectivity index (χ1) is 14.0. The molecule has 1 rings (SSSR count). The molecular formula is C22H34N2O7. The van der Waals surface area contributed by atoms with Gasteiger partial charge >= 0.3 is 12.1 Å². The molecular weight excluding hydrogens is 404 g/mol. The van der Waals surface area contributed by atoms with E-state index in [2.05, 4.69) is 10.7 Å². The predicted molar refractivity (Wildman–Crippen MR) is 114 cm³/mol. The number of carbonyl (C=O) groups is 3. The van der Waals surface area contributed by atoms with Crippen LogP contribution in [0, 0.1) is 36.5 Å². The van der Waals surface area contributed by atoms with E-state index in [4.69, 9.17) is 17.6 Å². The maximum atomic E-state index is 11.8. The Bertz CT molecular complexity index is 761. The lowest BCUT2D eigenvalue weighted by molar-refractivity contribution is -0.161. The molecule has 31 heavy (non-hydrogen) atoms. The number of esters is 1. The summed E-state index contributed by atoms with van der Waals surface area (Å²) in [7, 11) is 4.27. The van der Waals surface area contributed by atoms with Crippen molar-refractivity contribution in [2.75, 3.05) is 34.3 Å². The topological polar surface area (TPSA) is 117 Å². The zero-order valence-corrected chi connectivity index (χ0v) is 19.6. The van der Waals surface area contributed by atoms with E-state index >= 15 is 0 Å². The summed E-state index contributed by atoms with van der Waals surface area (Å²) < 4.78 is 9.65. The quantitative estimate of drug-likeness (QED) is 0.485. The Morgan fingerprint density at radius 2 is 1.90 bits per heavy atom. The highest BCUT2D eigenvalue weighted by molar-refractivity contribution is 5.90. The van der Waals surface area contributed by atoms with Crippen molar-refractivity contribution >= 4 is 18.0 Å². The number of terminal acetylenes is 2. The molecule has 0 radical (unpaired) electrons. The van der Waals surface area contributed by atoms with Gasteiger partial charge in [0.2, 0.25) is 11.2 Å². The summed E-state index contributed by atoms with van der Waals surface area (Å²) in [6.07, 6.45) is 9.70. The average molecular weight is 439 g/mol. The van der Waals surface area contributed by atoms with Crippen LogP contribution in [0.5, 0.6) is 0 Å².